The lowest BCUT2D eigenvalue weighted by molar-refractivity contribution is -0.161. The van der Waals surface area contributed by atoms with Crippen LogP contribution in [0.2, 0.25) is 5.02 Å². The maximum absolute atomic E-state index is 14.6. The number of hydrogen-bond acceptors (Lipinski definition) is 7. The third kappa shape index (κ3) is 6.59. The fourth-order valence-electron chi connectivity index (χ4n) is 7.31. The molecule has 10 nitrogen and oxygen atoms in total. The molecule has 0 unspecified atom stereocenters. The number of fused-ring (bicyclic) bond motifs is 1. The van der Waals surface area contributed by atoms with Gasteiger partial charge in [-0.25, -0.2) is 0 Å². The van der Waals surface area contributed by atoms with Gasteiger partial charge in [-0.3, -0.25) is 19.2 Å². The molecule has 5 rings (SSSR count). The topological polar surface area (TPSA) is 125 Å². The molecule has 3 aliphatic rings. The van der Waals surface area contributed by atoms with Gasteiger partial charge in [0.05, 0.1) is 37.1 Å². The van der Waals surface area contributed by atoms with Gasteiger partial charge in [-0.05, 0) is 55.5 Å². The first-order chi connectivity index (χ1) is 22.7. The molecule has 2 bridgehead atoms. The van der Waals surface area contributed by atoms with Crippen LogP contribution in [0.1, 0.15) is 50.7 Å². The summed E-state index contributed by atoms with van der Waals surface area (Å²) in [7, 11) is 0. The number of carbonyl (C=O) groups is 4. The molecular formula is C36H42ClN3O7. The minimum atomic E-state index is -1.29. The minimum absolute atomic E-state index is 0.0427. The Morgan fingerprint density at radius 2 is 1.89 bits per heavy atom. The molecule has 7 atom stereocenters. The lowest BCUT2D eigenvalue weighted by Crippen LogP contribution is -2.59. The van der Waals surface area contributed by atoms with Gasteiger partial charge in [0.2, 0.25) is 11.8 Å². The lowest BCUT2D eigenvalue weighted by Gasteiger charge is -2.39. The number of allylic oxidation sites excluding steroid dienone is 1. The number of hydrogen-bond donors (Lipinski definition) is 2. The molecule has 0 aromatic heterocycles. The van der Waals surface area contributed by atoms with Crippen molar-refractivity contribution in [3.8, 4) is 0 Å². The largest absolute Gasteiger partial charge is 0.455 e. The van der Waals surface area contributed by atoms with Gasteiger partial charge in [0.15, 0.2) is 0 Å². The van der Waals surface area contributed by atoms with Crippen LogP contribution in [-0.2, 0) is 28.7 Å². The van der Waals surface area contributed by atoms with Gasteiger partial charge in [0.1, 0.15) is 17.7 Å². The summed E-state index contributed by atoms with van der Waals surface area (Å²) in [5.74, 6) is -3.61. The van der Waals surface area contributed by atoms with E-state index in [-0.39, 0.29) is 32.0 Å². The Bertz CT molecular complexity index is 1480. The minimum Gasteiger partial charge on any atom is -0.455 e. The van der Waals surface area contributed by atoms with E-state index in [1.54, 1.807) is 36.4 Å². The van der Waals surface area contributed by atoms with Crippen molar-refractivity contribution in [2.24, 2.45) is 11.8 Å². The van der Waals surface area contributed by atoms with Crippen molar-refractivity contribution in [1.82, 2.24) is 10.2 Å². The average molecular weight is 664 g/mol. The van der Waals surface area contributed by atoms with E-state index in [4.69, 9.17) is 21.1 Å². The highest BCUT2D eigenvalue weighted by molar-refractivity contribution is 6.30. The molecule has 3 saturated heterocycles. The average Bonchev–Trinajstić information content (AvgIpc) is 3.73. The van der Waals surface area contributed by atoms with E-state index in [0.29, 0.717) is 42.0 Å². The van der Waals surface area contributed by atoms with E-state index < -0.39 is 59.5 Å². The SMILES string of the molecule is C=CCCC(=O)NC[C@@H](OC(=O)[C@@H]1[C@H]2C(=O)N([C@@H](CC)CO)[C@H](C(=O)N(CC=C)c3ccc(Cl)cc3)[C@]23CC[C@H]1O3)c1ccccc1. The van der Waals surface area contributed by atoms with Gasteiger partial charge in [-0.2, -0.15) is 0 Å². The Morgan fingerprint density at radius 3 is 2.53 bits per heavy atom. The molecule has 0 radical (unpaired) electrons. The zero-order valence-electron chi connectivity index (χ0n) is 26.6. The van der Waals surface area contributed by atoms with Crippen molar-refractivity contribution < 1.29 is 33.8 Å². The van der Waals surface area contributed by atoms with Crippen molar-refractivity contribution >= 4 is 41.0 Å². The van der Waals surface area contributed by atoms with Crippen LogP contribution in [0, 0.1) is 11.8 Å². The molecule has 2 aromatic carbocycles. The molecular weight excluding hydrogens is 622 g/mol. The smallest absolute Gasteiger partial charge is 0.313 e. The summed E-state index contributed by atoms with van der Waals surface area (Å²) >= 11 is 6.13. The van der Waals surface area contributed by atoms with E-state index in [1.165, 1.54) is 9.80 Å². The van der Waals surface area contributed by atoms with E-state index >= 15 is 0 Å². The number of rotatable bonds is 15. The Labute approximate surface area is 280 Å². The molecule has 47 heavy (non-hydrogen) atoms. The fourth-order valence-corrected chi connectivity index (χ4v) is 7.43. The first-order valence-electron chi connectivity index (χ1n) is 16.1. The molecule has 3 aliphatic heterocycles. The van der Waals surface area contributed by atoms with Crippen LogP contribution in [0.4, 0.5) is 5.69 Å². The van der Waals surface area contributed by atoms with Gasteiger partial charge in [-0.15, -0.1) is 13.2 Å². The summed E-state index contributed by atoms with van der Waals surface area (Å²) in [6.07, 6.45) is 3.80. The number of anilines is 1. The van der Waals surface area contributed by atoms with Gasteiger partial charge in [0.25, 0.3) is 5.91 Å². The third-order valence-corrected chi connectivity index (χ3v) is 9.78. The summed E-state index contributed by atoms with van der Waals surface area (Å²) in [4.78, 5) is 58.6. The van der Waals surface area contributed by atoms with Crippen molar-refractivity contribution in [2.45, 2.75) is 68.9 Å². The molecule has 3 amide bonds. The maximum atomic E-state index is 14.6. The number of benzene rings is 2. The molecule has 250 valence electrons. The summed E-state index contributed by atoms with van der Waals surface area (Å²) < 4.78 is 12.7. The maximum Gasteiger partial charge on any atom is 0.313 e. The van der Waals surface area contributed by atoms with Crippen molar-refractivity contribution in [1.29, 1.82) is 0 Å². The highest BCUT2D eigenvalue weighted by atomic mass is 35.5. The highest BCUT2D eigenvalue weighted by Gasteiger charge is 2.75. The second-order valence-corrected chi connectivity index (χ2v) is 12.7. The first kappa shape index (κ1) is 34.3. The van der Waals surface area contributed by atoms with Crippen LogP contribution in [0.15, 0.2) is 79.9 Å². The number of carbonyl (C=O) groups excluding carboxylic acids is 4. The van der Waals surface area contributed by atoms with Crippen LogP contribution < -0.4 is 10.2 Å². The number of esters is 1. The second-order valence-electron chi connectivity index (χ2n) is 12.2. The predicted octanol–water partition coefficient (Wildman–Crippen LogP) is 4.37. The molecule has 11 heteroatoms. The van der Waals surface area contributed by atoms with E-state index in [2.05, 4.69) is 18.5 Å². The molecule has 0 saturated carbocycles. The zero-order chi connectivity index (χ0) is 33.7. The van der Waals surface area contributed by atoms with Crippen LogP contribution in [-0.4, -0.2) is 77.2 Å². The van der Waals surface area contributed by atoms with Crippen LogP contribution in [0.3, 0.4) is 0 Å². The van der Waals surface area contributed by atoms with Crippen molar-refractivity contribution in [3.63, 3.8) is 0 Å². The monoisotopic (exact) mass is 663 g/mol. The zero-order valence-corrected chi connectivity index (χ0v) is 27.3. The first-order valence-corrected chi connectivity index (χ1v) is 16.5. The predicted molar refractivity (Wildman–Crippen MR) is 177 cm³/mol. The third-order valence-electron chi connectivity index (χ3n) is 9.53. The lowest BCUT2D eigenvalue weighted by atomic mass is 9.70. The molecule has 3 fully saturated rings. The summed E-state index contributed by atoms with van der Waals surface area (Å²) in [6, 6.07) is 14.1. The normalized spacial score (nSPS) is 25.5. The van der Waals surface area contributed by atoms with E-state index in [9.17, 15) is 24.3 Å². The number of halogens is 1. The van der Waals surface area contributed by atoms with Crippen LogP contribution in [0.5, 0.6) is 0 Å². The fraction of sp³-hybridized carbons (Fsp3) is 0.444. The van der Waals surface area contributed by atoms with Gasteiger partial charge in [0, 0.05) is 23.7 Å². The van der Waals surface area contributed by atoms with Gasteiger partial charge < -0.3 is 29.7 Å². The number of aliphatic hydroxyl groups is 1. The van der Waals surface area contributed by atoms with Gasteiger partial charge in [-0.1, -0.05) is 61.0 Å². The van der Waals surface area contributed by atoms with Crippen LogP contribution >= 0.6 is 11.6 Å². The summed E-state index contributed by atoms with van der Waals surface area (Å²) in [5, 5.41) is 13.7. The Morgan fingerprint density at radius 1 is 1.17 bits per heavy atom. The number of aliphatic hydroxyl groups excluding tert-OH is 1. The number of nitrogens with zero attached hydrogens (tertiary/aromatic N) is 2. The Hall–Kier alpha value is -3.99. The molecule has 2 aromatic rings. The number of nitrogens with one attached hydrogen (secondary N) is 1. The van der Waals surface area contributed by atoms with E-state index in [0.717, 1.165) is 0 Å². The molecule has 1 spiro atoms. The molecule has 0 aliphatic carbocycles. The standard InChI is InChI=1S/C36H42ClN3O7/c1-4-7-13-29(42)38-21-28(23-11-9-8-10-12-23)46-35(45)30-27-18-19-36(47-27)31(30)33(43)40(25(6-3)22-41)32(36)34(44)39(20-5-2)26-16-14-24(37)15-17-26/h4-5,8-12,14-17,25,27-28,30-32,41H,1-2,6-7,13,18-22H2,3H3,(H,38,42)/t25-,27+,28+,30-,31-,32+,36-/m0/s1. The number of amides is 3. The quantitative estimate of drug-likeness (QED) is 0.214. The summed E-state index contributed by atoms with van der Waals surface area (Å²) in [6.45, 7) is 9.15. The number of likely N-dealkylation sites (tertiary alicyclic amines) is 1. The van der Waals surface area contributed by atoms with Crippen LogP contribution in [0.25, 0.3) is 0 Å². The van der Waals surface area contributed by atoms with E-state index in [1.807, 2.05) is 37.3 Å². The highest BCUT2D eigenvalue weighted by Crippen LogP contribution is 2.59. The van der Waals surface area contributed by atoms with Gasteiger partial charge >= 0.3 is 5.97 Å². The molecule has 2 N–H and O–H groups in total. The number of ether oxygens (including phenoxy) is 2. The molecule has 3 heterocycles. The second kappa shape index (κ2) is 14.8. The van der Waals surface area contributed by atoms with Crippen molar-refractivity contribution in [3.05, 3.63) is 90.5 Å². The Kier molecular flexibility index (Phi) is 10.8. The Balaban J connectivity index is 1.47. The van der Waals surface area contributed by atoms with Crippen molar-refractivity contribution in [2.75, 3.05) is 24.6 Å². The summed E-state index contributed by atoms with van der Waals surface area (Å²) in [5.41, 5.74) is -0.0450.